The fraction of sp³-hybridized carbons (Fsp3) is 0.235. The van der Waals surface area contributed by atoms with E-state index in [-0.39, 0.29) is 24.0 Å². The van der Waals surface area contributed by atoms with Crippen LogP contribution in [0.15, 0.2) is 64.6 Å². The molecule has 0 aromatic carbocycles. The third kappa shape index (κ3) is 5.59. The molecule has 132 valence electrons. The zero-order chi connectivity index (χ0) is 16.6. The molecule has 25 heavy (non-hydrogen) atoms. The van der Waals surface area contributed by atoms with Gasteiger partial charge < -0.3 is 15.1 Å². The van der Waals surface area contributed by atoms with Crippen LogP contribution in [0.1, 0.15) is 11.3 Å². The smallest absolute Gasteiger partial charge is 0.191 e. The first kappa shape index (κ1) is 19.0. The van der Waals surface area contributed by atoms with E-state index in [4.69, 9.17) is 4.42 Å². The van der Waals surface area contributed by atoms with Crippen molar-refractivity contribution < 1.29 is 4.42 Å². The van der Waals surface area contributed by atoms with E-state index in [0.717, 1.165) is 36.1 Å². The van der Waals surface area contributed by atoms with Crippen LogP contribution in [0.4, 0.5) is 0 Å². The Labute approximate surface area is 163 Å². The first-order valence-corrected chi connectivity index (χ1v) is 7.77. The molecule has 0 bridgehead atoms. The highest BCUT2D eigenvalue weighted by Crippen LogP contribution is 2.06. The van der Waals surface area contributed by atoms with Crippen molar-refractivity contribution in [3.05, 3.63) is 66.5 Å². The van der Waals surface area contributed by atoms with E-state index in [9.17, 15) is 0 Å². The summed E-state index contributed by atoms with van der Waals surface area (Å²) in [4.78, 5) is 8.55. The Morgan fingerprint density at radius 3 is 2.88 bits per heavy atom. The monoisotopic (exact) mass is 452 g/mol. The molecule has 0 aliphatic rings. The molecule has 0 unspecified atom stereocenters. The number of guanidine groups is 1. The lowest BCUT2D eigenvalue weighted by Gasteiger charge is -2.12. The van der Waals surface area contributed by atoms with Crippen LogP contribution < -0.4 is 10.6 Å². The van der Waals surface area contributed by atoms with Gasteiger partial charge in [0.2, 0.25) is 0 Å². The first-order valence-electron chi connectivity index (χ1n) is 7.77. The Bertz CT molecular complexity index is 770. The molecule has 3 rings (SSSR count). The van der Waals surface area contributed by atoms with Crippen molar-refractivity contribution in [2.45, 2.75) is 13.0 Å². The van der Waals surface area contributed by atoms with Gasteiger partial charge in [0.15, 0.2) is 11.8 Å². The van der Waals surface area contributed by atoms with Crippen LogP contribution in [0.3, 0.4) is 0 Å². The molecule has 3 heterocycles. The van der Waals surface area contributed by atoms with E-state index >= 15 is 0 Å². The summed E-state index contributed by atoms with van der Waals surface area (Å²) in [7, 11) is 1.75. The summed E-state index contributed by atoms with van der Waals surface area (Å²) in [5.41, 5.74) is 1.10. The van der Waals surface area contributed by atoms with Gasteiger partial charge in [0.05, 0.1) is 6.26 Å². The summed E-state index contributed by atoms with van der Waals surface area (Å²) in [6.07, 6.45) is 7.88. The minimum atomic E-state index is 0. The van der Waals surface area contributed by atoms with Crippen molar-refractivity contribution in [1.82, 2.24) is 25.4 Å². The van der Waals surface area contributed by atoms with Crippen LogP contribution in [-0.4, -0.2) is 34.3 Å². The Hall–Kier alpha value is -2.36. The highest BCUT2D eigenvalue weighted by atomic mass is 127. The molecule has 0 aliphatic carbocycles. The molecule has 3 aromatic rings. The second-order valence-corrected chi connectivity index (χ2v) is 5.15. The summed E-state index contributed by atoms with van der Waals surface area (Å²) >= 11 is 0. The standard InChI is InChI=1S/C17H20N6O.HI/c1-18-17(20-9-6-15-4-2-11-24-15)21-13-14-5-8-19-16(12-14)23-10-3-7-22-23;/h2-5,7-8,10-12H,6,9,13H2,1H3,(H2,18,20,21);1H. The lowest BCUT2D eigenvalue weighted by atomic mass is 10.2. The SMILES string of the molecule is CN=C(NCCc1ccco1)NCc1ccnc(-n2cccn2)c1.I. The zero-order valence-electron chi connectivity index (χ0n) is 13.9. The predicted octanol–water partition coefficient (Wildman–Crippen LogP) is 2.39. The van der Waals surface area contributed by atoms with Gasteiger partial charge in [0.1, 0.15) is 5.76 Å². The van der Waals surface area contributed by atoms with E-state index in [1.807, 2.05) is 36.5 Å². The van der Waals surface area contributed by atoms with Gasteiger partial charge in [-0.2, -0.15) is 5.10 Å². The van der Waals surface area contributed by atoms with Crippen LogP contribution in [0.25, 0.3) is 5.82 Å². The van der Waals surface area contributed by atoms with Gasteiger partial charge in [-0.1, -0.05) is 0 Å². The van der Waals surface area contributed by atoms with Crippen LogP contribution in [0, 0.1) is 0 Å². The Morgan fingerprint density at radius 2 is 2.16 bits per heavy atom. The lowest BCUT2D eigenvalue weighted by molar-refractivity contribution is 0.507. The average Bonchev–Trinajstić information content (AvgIpc) is 3.31. The van der Waals surface area contributed by atoms with E-state index in [1.165, 1.54) is 0 Å². The largest absolute Gasteiger partial charge is 0.469 e. The number of hydrogen-bond acceptors (Lipinski definition) is 4. The highest BCUT2D eigenvalue weighted by Gasteiger charge is 2.02. The molecule has 0 radical (unpaired) electrons. The van der Waals surface area contributed by atoms with Gasteiger partial charge in [-0.3, -0.25) is 4.99 Å². The van der Waals surface area contributed by atoms with Crippen LogP contribution in [0.5, 0.6) is 0 Å². The fourth-order valence-corrected chi connectivity index (χ4v) is 2.27. The van der Waals surface area contributed by atoms with Crippen molar-refractivity contribution in [3.8, 4) is 5.82 Å². The van der Waals surface area contributed by atoms with E-state index in [1.54, 1.807) is 30.4 Å². The van der Waals surface area contributed by atoms with Crippen molar-refractivity contribution >= 4 is 29.9 Å². The number of aromatic nitrogens is 3. The first-order chi connectivity index (χ1) is 11.8. The van der Waals surface area contributed by atoms with E-state index in [0.29, 0.717) is 6.54 Å². The number of hydrogen-bond donors (Lipinski definition) is 2. The molecular weight excluding hydrogens is 431 g/mol. The maximum Gasteiger partial charge on any atom is 0.191 e. The van der Waals surface area contributed by atoms with Gasteiger partial charge >= 0.3 is 0 Å². The number of nitrogens with zero attached hydrogens (tertiary/aromatic N) is 4. The summed E-state index contributed by atoms with van der Waals surface area (Å²) in [6.45, 7) is 1.40. The Morgan fingerprint density at radius 1 is 1.24 bits per heavy atom. The van der Waals surface area contributed by atoms with Gasteiger partial charge in [0, 0.05) is 45.1 Å². The third-order valence-corrected chi connectivity index (χ3v) is 3.48. The molecule has 2 N–H and O–H groups in total. The van der Waals surface area contributed by atoms with Crippen LogP contribution >= 0.6 is 24.0 Å². The number of aliphatic imine (C=N–C) groups is 1. The van der Waals surface area contributed by atoms with Crippen molar-refractivity contribution in [2.24, 2.45) is 4.99 Å². The Balaban J connectivity index is 0.00000225. The van der Waals surface area contributed by atoms with Crippen molar-refractivity contribution in [1.29, 1.82) is 0 Å². The van der Waals surface area contributed by atoms with Crippen LogP contribution in [0.2, 0.25) is 0 Å². The molecule has 7 nitrogen and oxygen atoms in total. The molecule has 0 saturated heterocycles. The molecule has 0 fully saturated rings. The second-order valence-electron chi connectivity index (χ2n) is 5.15. The summed E-state index contributed by atoms with van der Waals surface area (Å²) in [5, 5.41) is 10.7. The maximum atomic E-state index is 5.31. The Kier molecular flexibility index (Phi) is 7.45. The minimum absolute atomic E-state index is 0. The summed E-state index contributed by atoms with van der Waals surface area (Å²) < 4.78 is 7.05. The molecule has 0 amide bonds. The van der Waals surface area contributed by atoms with Crippen molar-refractivity contribution in [3.63, 3.8) is 0 Å². The van der Waals surface area contributed by atoms with Gasteiger partial charge in [-0.05, 0) is 35.9 Å². The molecule has 0 aliphatic heterocycles. The third-order valence-electron chi connectivity index (χ3n) is 3.48. The number of nitrogens with one attached hydrogen (secondary N) is 2. The second kappa shape index (κ2) is 9.82. The lowest BCUT2D eigenvalue weighted by Crippen LogP contribution is -2.37. The van der Waals surface area contributed by atoms with Gasteiger partial charge in [0.25, 0.3) is 0 Å². The highest BCUT2D eigenvalue weighted by molar-refractivity contribution is 14.0. The van der Waals surface area contributed by atoms with Crippen LogP contribution in [-0.2, 0) is 13.0 Å². The van der Waals surface area contributed by atoms with E-state index in [2.05, 4.69) is 25.7 Å². The molecule has 3 aromatic heterocycles. The van der Waals surface area contributed by atoms with Gasteiger partial charge in [-0.25, -0.2) is 9.67 Å². The topological polar surface area (TPSA) is 80.3 Å². The number of furan rings is 1. The number of pyridine rings is 1. The van der Waals surface area contributed by atoms with E-state index < -0.39 is 0 Å². The minimum Gasteiger partial charge on any atom is -0.469 e. The number of halogens is 1. The zero-order valence-corrected chi connectivity index (χ0v) is 16.3. The fourth-order valence-electron chi connectivity index (χ4n) is 2.27. The molecule has 0 atom stereocenters. The van der Waals surface area contributed by atoms with Crippen molar-refractivity contribution in [2.75, 3.05) is 13.6 Å². The molecule has 0 saturated carbocycles. The number of rotatable bonds is 6. The van der Waals surface area contributed by atoms with Gasteiger partial charge in [-0.15, -0.1) is 24.0 Å². The molecule has 0 spiro atoms. The maximum absolute atomic E-state index is 5.31. The average molecular weight is 452 g/mol. The molecular formula is C17H21IN6O. The normalized spacial score (nSPS) is 11.0. The summed E-state index contributed by atoms with van der Waals surface area (Å²) in [5.74, 6) is 2.50. The molecule has 8 heteroatoms. The predicted molar refractivity (Wildman–Crippen MR) is 107 cm³/mol. The summed E-state index contributed by atoms with van der Waals surface area (Å²) in [6, 6.07) is 9.69. The quantitative estimate of drug-likeness (QED) is 0.341.